The van der Waals surface area contributed by atoms with Gasteiger partial charge in [0.25, 0.3) is 5.56 Å². The van der Waals surface area contributed by atoms with Gasteiger partial charge in [-0.15, -0.1) is 6.58 Å². The fraction of sp³-hybridized carbons (Fsp3) is 0.526. The molecule has 1 saturated carbocycles. The standard InChI is InChI=1S/C19H25N5O3S/c1-7-11-8-12(14-13(11)26-19(3,4)27-14)24-10(2)28-15-16(24)21-18(22-17(15)25)20-9-23(5)6/h7,9,11-14H,1-2,8H2,3-6H3,(H,21,22,25)/t11-,12+,13+,14-/m0/s1. The van der Waals surface area contributed by atoms with Crippen LogP contribution >= 0.6 is 11.8 Å². The minimum atomic E-state index is -0.658. The van der Waals surface area contributed by atoms with Gasteiger partial charge in [0.05, 0.1) is 23.5 Å². The second-order valence-electron chi connectivity index (χ2n) is 7.88. The van der Waals surface area contributed by atoms with E-state index in [1.807, 2.05) is 38.9 Å². The number of nitrogens with zero attached hydrogens (tertiary/aromatic N) is 4. The molecule has 1 aromatic heterocycles. The van der Waals surface area contributed by atoms with Crippen molar-refractivity contribution in [2.24, 2.45) is 10.9 Å². The highest BCUT2D eigenvalue weighted by Crippen LogP contribution is 2.50. The van der Waals surface area contributed by atoms with Crippen molar-refractivity contribution in [1.29, 1.82) is 0 Å². The molecule has 8 nitrogen and oxygen atoms in total. The van der Waals surface area contributed by atoms with E-state index in [0.29, 0.717) is 10.7 Å². The van der Waals surface area contributed by atoms with E-state index in [4.69, 9.17) is 9.47 Å². The number of aromatic nitrogens is 2. The third-order valence-electron chi connectivity index (χ3n) is 5.09. The Morgan fingerprint density at radius 1 is 1.39 bits per heavy atom. The second-order valence-corrected chi connectivity index (χ2v) is 8.97. The van der Waals surface area contributed by atoms with Crippen LogP contribution in [0.25, 0.3) is 0 Å². The van der Waals surface area contributed by atoms with Crippen molar-refractivity contribution in [1.82, 2.24) is 14.9 Å². The molecule has 150 valence electrons. The monoisotopic (exact) mass is 403 g/mol. The average Bonchev–Trinajstić information content (AvgIpc) is 3.21. The first-order chi connectivity index (χ1) is 13.2. The maximum Gasteiger partial charge on any atom is 0.268 e. The second kappa shape index (κ2) is 6.75. The van der Waals surface area contributed by atoms with Crippen LogP contribution in [0.4, 0.5) is 11.8 Å². The van der Waals surface area contributed by atoms with Crippen LogP contribution in [0.1, 0.15) is 20.3 Å². The maximum atomic E-state index is 12.6. The molecule has 4 rings (SSSR count). The number of fused-ring (bicyclic) bond motifs is 2. The SMILES string of the molecule is C=C[C@H]1C[C@@H](N2C(=C)Sc3c2nc(N=CN(C)C)[nH]c3=O)[C@@H]2OC(C)(C)O[C@@H]21. The maximum absolute atomic E-state index is 12.6. The number of aliphatic imine (C=N–C) groups is 1. The lowest BCUT2D eigenvalue weighted by Crippen LogP contribution is -2.41. The summed E-state index contributed by atoms with van der Waals surface area (Å²) in [4.78, 5) is 28.5. The zero-order chi connectivity index (χ0) is 20.2. The normalized spacial score (nSPS) is 30.7. The number of ether oxygens (including phenoxy) is 2. The molecule has 2 aliphatic heterocycles. The zero-order valence-electron chi connectivity index (χ0n) is 16.5. The molecule has 0 unspecified atom stereocenters. The van der Waals surface area contributed by atoms with Crippen molar-refractivity contribution in [2.45, 2.75) is 49.2 Å². The number of nitrogens with one attached hydrogen (secondary N) is 1. The van der Waals surface area contributed by atoms with Crippen molar-refractivity contribution >= 4 is 29.9 Å². The topological polar surface area (TPSA) is 83.1 Å². The van der Waals surface area contributed by atoms with Crippen molar-refractivity contribution in [3.63, 3.8) is 0 Å². The van der Waals surface area contributed by atoms with Crippen LogP contribution in [0.3, 0.4) is 0 Å². The smallest absolute Gasteiger partial charge is 0.268 e. The van der Waals surface area contributed by atoms with Gasteiger partial charge in [-0.3, -0.25) is 9.78 Å². The van der Waals surface area contributed by atoms with Gasteiger partial charge >= 0.3 is 0 Å². The van der Waals surface area contributed by atoms with Crippen LogP contribution < -0.4 is 10.5 Å². The van der Waals surface area contributed by atoms with Gasteiger partial charge in [-0.1, -0.05) is 24.4 Å². The molecule has 1 N–H and O–H groups in total. The minimum absolute atomic E-state index is 0.0454. The van der Waals surface area contributed by atoms with E-state index < -0.39 is 5.79 Å². The third-order valence-corrected chi connectivity index (χ3v) is 6.09. The summed E-state index contributed by atoms with van der Waals surface area (Å²) in [5.74, 6) is 0.337. The van der Waals surface area contributed by atoms with Gasteiger partial charge in [-0.25, -0.2) is 4.99 Å². The average molecular weight is 404 g/mol. The molecule has 3 aliphatic rings. The minimum Gasteiger partial charge on any atom is -0.369 e. The van der Waals surface area contributed by atoms with Crippen molar-refractivity contribution < 1.29 is 9.47 Å². The number of rotatable bonds is 4. The van der Waals surface area contributed by atoms with Gasteiger partial charge in [-0.05, 0) is 20.3 Å². The zero-order valence-corrected chi connectivity index (χ0v) is 17.3. The number of aromatic amines is 1. The van der Waals surface area contributed by atoms with Gasteiger partial charge in [0.2, 0.25) is 5.95 Å². The van der Waals surface area contributed by atoms with E-state index in [9.17, 15) is 4.79 Å². The first kappa shape index (κ1) is 19.2. The number of H-pyrrole nitrogens is 1. The first-order valence-electron chi connectivity index (χ1n) is 9.19. The van der Waals surface area contributed by atoms with Gasteiger partial charge in [0, 0.05) is 20.0 Å². The molecule has 0 spiro atoms. The Labute approximate surface area is 168 Å². The highest BCUT2D eigenvalue weighted by molar-refractivity contribution is 8.03. The summed E-state index contributed by atoms with van der Waals surface area (Å²) in [7, 11) is 3.71. The molecule has 0 radical (unpaired) electrons. The molecule has 1 aromatic rings. The van der Waals surface area contributed by atoms with E-state index in [1.54, 1.807) is 11.2 Å². The van der Waals surface area contributed by atoms with E-state index in [1.165, 1.54) is 11.8 Å². The molecule has 1 saturated heterocycles. The van der Waals surface area contributed by atoms with Crippen molar-refractivity contribution in [2.75, 3.05) is 19.0 Å². The van der Waals surface area contributed by atoms with Gasteiger partial charge in [-0.2, -0.15) is 4.98 Å². The van der Waals surface area contributed by atoms with Crippen LogP contribution in [0.2, 0.25) is 0 Å². The number of anilines is 1. The van der Waals surface area contributed by atoms with Crippen LogP contribution in [-0.4, -0.2) is 59.3 Å². The fourth-order valence-electron chi connectivity index (χ4n) is 4.03. The van der Waals surface area contributed by atoms with Gasteiger partial charge in [0.15, 0.2) is 11.6 Å². The molecule has 3 heterocycles. The Morgan fingerprint density at radius 2 is 2.11 bits per heavy atom. The summed E-state index contributed by atoms with van der Waals surface area (Å²) in [5, 5.41) is 0.753. The number of thioether (sulfide) groups is 1. The van der Waals surface area contributed by atoms with E-state index in [0.717, 1.165) is 11.4 Å². The van der Waals surface area contributed by atoms with Crippen molar-refractivity contribution in [3.05, 3.63) is 34.6 Å². The van der Waals surface area contributed by atoms with Crippen LogP contribution in [0.5, 0.6) is 0 Å². The molecule has 1 aliphatic carbocycles. The summed E-state index contributed by atoms with van der Waals surface area (Å²) in [6, 6.07) is -0.0454. The molecule has 2 fully saturated rings. The molecule has 9 heteroatoms. The van der Waals surface area contributed by atoms with E-state index in [2.05, 4.69) is 28.1 Å². The quantitative estimate of drug-likeness (QED) is 0.470. The summed E-state index contributed by atoms with van der Waals surface area (Å²) in [5.41, 5.74) is -0.219. The summed E-state index contributed by atoms with van der Waals surface area (Å²) < 4.78 is 12.3. The first-order valence-corrected chi connectivity index (χ1v) is 10.0. The number of hydrogen-bond donors (Lipinski definition) is 1. The lowest BCUT2D eigenvalue weighted by Gasteiger charge is -2.31. The van der Waals surface area contributed by atoms with Crippen molar-refractivity contribution in [3.8, 4) is 0 Å². The van der Waals surface area contributed by atoms with E-state index in [-0.39, 0.29) is 35.7 Å². The molecule has 0 bridgehead atoms. The molecule has 0 amide bonds. The summed E-state index contributed by atoms with van der Waals surface area (Å²) in [6.07, 6.45) is 4.08. The molecular weight excluding hydrogens is 378 g/mol. The Balaban J connectivity index is 1.73. The lowest BCUT2D eigenvalue weighted by molar-refractivity contribution is -0.155. The van der Waals surface area contributed by atoms with Crippen LogP contribution in [0, 0.1) is 5.92 Å². The lowest BCUT2D eigenvalue weighted by atomic mass is 10.1. The van der Waals surface area contributed by atoms with Crippen LogP contribution in [0.15, 0.2) is 38.9 Å². The predicted molar refractivity (Wildman–Crippen MR) is 110 cm³/mol. The van der Waals surface area contributed by atoms with Gasteiger partial charge in [0.1, 0.15) is 11.0 Å². The predicted octanol–water partition coefficient (Wildman–Crippen LogP) is 2.47. The highest BCUT2D eigenvalue weighted by Gasteiger charge is 2.56. The summed E-state index contributed by atoms with van der Waals surface area (Å²) in [6.45, 7) is 12.0. The summed E-state index contributed by atoms with van der Waals surface area (Å²) >= 11 is 1.33. The Hall–Kier alpha value is -2.10. The third kappa shape index (κ3) is 3.17. The fourth-order valence-corrected chi connectivity index (χ4v) is 4.96. The molecule has 4 atom stereocenters. The Bertz CT molecular complexity index is 909. The largest absolute Gasteiger partial charge is 0.369 e. The number of hydrogen-bond acceptors (Lipinski definition) is 7. The van der Waals surface area contributed by atoms with Gasteiger partial charge < -0.3 is 19.3 Å². The Morgan fingerprint density at radius 3 is 2.79 bits per heavy atom. The van der Waals surface area contributed by atoms with E-state index >= 15 is 0 Å². The molecular formula is C19H25N5O3S. The molecule has 0 aromatic carbocycles. The highest BCUT2D eigenvalue weighted by atomic mass is 32.2. The Kier molecular flexibility index (Phi) is 4.64. The molecule has 28 heavy (non-hydrogen) atoms. The van der Waals surface area contributed by atoms with Crippen LogP contribution in [-0.2, 0) is 9.47 Å².